The van der Waals surface area contributed by atoms with E-state index >= 15 is 0 Å². The fraction of sp³-hybridized carbons (Fsp3) is 0.667. The Morgan fingerprint density at radius 3 is 3.05 bits per heavy atom. The van der Waals surface area contributed by atoms with Gasteiger partial charge in [-0.25, -0.2) is 0 Å². The lowest BCUT2D eigenvalue weighted by Crippen LogP contribution is -2.61. The van der Waals surface area contributed by atoms with Crippen molar-refractivity contribution < 1.29 is 4.79 Å². The van der Waals surface area contributed by atoms with Gasteiger partial charge in [-0.2, -0.15) is 0 Å². The molecule has 2 fully saturated rings. The van der Waals surface area contributed by atoms with Gasteiger partial charge in [0.25, 0.3) is 0 Å². The summed E-state index contributed by atoms with van der Waals surface area (Å²) >= 11 is 1.83. The van der Waals surface area contributed by atoms with Crippen LogP contribution in [-0.2, 0) is 11.3 Å². The lowest BCUT2D eigenvalue weighted by Gasteiger charge is -2.48. The molecule has 3 heterocycles. The van der Waals surface area contributed by atoms with Crippen LogP contribution in [0.2, 0.25) is 0 Å². The summed E-state index contributed by atoms with van der Waals surface area (Å²) in [4.78, 5) is 15.7. The average Bonchev–Trinajstić information content (AvgIpc) is 3.01. The standard InChI is InChI=1S/C15H22N2OS/c1-2-13-15(8-6-14(18)16-15)7-4-9-17(13)11-12-5-3-10-19-12/h3,5,10,13H,2,4,6-9,11H2,1H3,(H,16,18)/t13-,15+/m1/s1. The van der Waals surface area contributed by atoms with Crippen molar-refractivity contribution in [2.75, 3.05) is 6.54 Å². The number of thiophene rings is 1. The van der Waals surface area contributed by atoms with E-state index in [0.717, 1.165) is 32.4 Å². The van der Waals surface area contributed by atoms with Crippen LogP contribution in [0.3, 0.4) is 0 Å². The molecule has 0 saturated carbocycles. The quantitative estimate of drug-likeness (QED) is 0.922. The summed E-state index contributed by atoms with van der Waals surface area (Å²) in [6.07, 6.45) is 5.20. The SMILES string of the molecule is CC[C@H]1N(Cc2cccs2)CCC[C@]12CCC(=O)N2. The van der Waals surface area contributed by atoms with Gasteiger partial charge in [0.1, 0.15) is 0 Å². The van der Waals surface area contributed by atoms with E-state index in [2.05, 4.69) is 34.7 Å². The predicted molar refractivity (Wildman–Crippen MR) is 78.1 cm³/mol. The highest BCUT2D eigenvalue weighted by molar-refractivity contribution is 7.09. The van der Waals surface area contributed by atoms with E-state index in [9.17, 15) is 4.79 Å². The van der Waals surface area contributed by atoms with Gasteiger partial charge in [-0.1, -0.05) is 13.0 Å². The molecule has 1 spiro atoms. The van der Waals surface area contributed by atoms with Crippen LogP contribution in [0.15, 0.2) is 17.5 Å². The molecular weight excluding hydrogens is 256 g/mol. The lowest BCUT2D eigenvalue weighted by molar-refractivity contribution is -0.120. The lowest BCUT2D eigenvalue weighted by atomic mass is 9.78. The maximum absolute atomic E-state index is 11.7. The third-order valence-corrected chi connectivity index (χ3v) is 5.52. The first-order valence-corrected chi connectivity index (χ1v) is 8.19. The van der Waals surface area contributed by atoms with Gasteiger partial charge in [0, 0.05) is 23.9 Å². The van der Waals surface area contributed by atoms with Crippen molar-refractivity contribution >= 4 is 17.2 Å². The Hall–Kier alpha value is -0.870. The molecule has 1 aromatic rings. The monoisotopic (exact) mass is 278 g/mol. The first kappa shape index (κ1) is 13.1. The summed E-state index contributed by atoms with van der Waals surface area (Å²) < 4.78 is 0. The summed E-state index contributed by atoms with van der Waals surface area (Å²) in [5, 5.41) is 5.45. The third-order valence-electron chi connectivity index (χ3n) is 4.66. The van der Waals surface area contributed by atoms with Gasteiger partial charge >= 0.3 is 0 Å². The van der Waals surface area contributed by atoms with Crippen LogP contribution in [0.1, 0.15) is 43.9 Å². The second kappa shape index (κ2) is 5.25. The number of likely N-dealkylation sites (tertiary alicyclic amines) is 1. The van der Waals surface area contributed by atoms with E-state index < -0.39 is 0 Å². The Labute approximate surface area is 119 Å². The summed E-state index contributed by atoms with van der Waals surface area (Å²) in [5.41, 5.74) is 0.0569. The molecule has 4 heteroatoms. The number of rotatable bonds is 3. The van der Waals surface area contributed by atoms with E-state index in [1.165, 1.54) is 11.3 Å². The van der Waals surface area contributed by atoms with Gasteiger partial charge < -0.3 is 5.32 Å². The van der Waals surface area contributed by atoms with Gasteiger partial charge in [0.15, 0.2) is 0 Å². The second-order valence-electron chi connectivity index (χ2n) is 5.78. The molecule has 3 nitrogen and oxygen atoms in total. The van der Waals surface area contributed by atoms with Crippen LogP contribution in [-0.4, -0.2) is 28.9 Å². The van der Waals surface area contributed by atoms with Crippen LogP contribution >= 0.6 is 11.3 Å². The molecule has 1 N–H and O–H groups in total. The minimum Gasteiger partial charge on any atom is -0.349 e. The Morgan fingerprint density at radius 2 is 2.42 bits per heavy atom. The maximum atomic E-state index is 11.7. The van der Waals surface area contributed by atoms with Crippen molar-refractivity contribution in [1.29, 1.82) is 0 Å². The fourth-order valence-electron chi connectivity index (χ4n) is 3.89. The molecule has 0 bridgehead atoms. The highest BCUT2D eigenvalue weighted by Gasteiger charge is 2.47. The number of piperidine rings is 1. The van der Waals surface area contributed by atoms with Gasteiger partial charge in [-0.15, -0.1) is 11.3 Å². The Bertz CT molecular complexity index is 445. The van der Waals surface area contributed by atoms with Gasteiger partial charge in [-0.3, -0.25) is 9.69 Å². The molecule has 2 aliphatic heterocycles. The molecule has 0 radical (unpaired) electrons. The Balaban J connectivity index is 1.78. The zero-order valence-electron chi connectivity index (χ0n) is 11.5. The molecule has 19 heavy (non-hydrogen) atoms. The number of amides is 1. The minimum absolute atomic E-state index is 0.0569. The molecule has 104 valence electrons. The molecule has 2 aliphatic rings. The van der Waals surface area contributed by atoms with Crippen LogP contribution in [0.25, 0.3) is 0 Å². The van der Waals surface area contributed by atoms with E-state index in [1.807, 2.05) is 11.3 Å². The van der Waals surface area contributed by atoms with E-state index in [4.69, 9.17) is 0 Å². The van der Waals surface area contributed by atoms with Gasteiger partial charge in [0.05, 0.1) is 5.54 Å². The third kappa shape index (κ3) is 2.43. The minimum atomic E-state index is 0.0569. The average molecular weight is 278 g/mol. The largest absolute Gasteiger partial charge is 0.349 e. The van der Waals surface area contributed by atoms with Crippen molar-refractivity contribution in [1.82, 2.24) is 10.2 Å². The number of carbonyl (C=O) groups is 1. The van der Waals surface area contributed by atoms with Gasteiger partial charge in [-0.05, 0) is 43.7 Å². The molecule has 1 aromatic heterocycles. The van der Waals surface area contributed by atoms with Crippen LogP contribution in [0.4, 0.5) is 0 Å². The zero-order valence-corrected chi connectivity index (χ0v) is 12.3. The number of hydrogen-bond donors (Lipinski definition) is 1. The second-order valence-corrected chi connectivity index (χ2v) is 6.81. The summed E-state index contributed by atoms with van der Waals surface area (Å²) in [5.74, 6) is 0.247. The highest BCUT2D eigenvalue weighted by atomic mass is 32.1. The van der Waals surface area contributed by atoms with Crippen LogP contribution < -0.4 is 5.32 Å². The number of nitrogens with zero attached hydrogens (tertiary/aromatic N) is 1. The Kier molecular flexibility index (Phi) is 3.63. The molecule has 2 saturated heterocycles. The summed E-state index contributed by atoms with van der Waals surface area (Å²) in [7, 11) is 0. The number of hydrogen-bond acceptors (Lipinski definition) is 3. The van der Waals surface area contributed by atoms with Crippen LogP contribution in [0.5, 0.6) is 0 Å². The van der Waals surface area contributed by atoms with Crippen LogP contribution in [0, 0.1) is 0 Å². The first-order valence-electron chi connectivity index (χ1n) is 7.31. The van der Waals surface area contributed by atoms with Crippen molar-refractivity contribution in [3.63, 3.8) is 0 Å². The number of carbonyl (C=O) groups excluding carboxylic acids is 1. The van der Waals surface area contributed by atoms with E-state index in [0.29, 0.717) is 12.5 Å². The van der Waals surface area contributed by atoms with E-state index in [-0.39, 0.29) is 11.4 Å². The normalized spacial score (nSPS) is 31.8. The molecule has 0 aromatic carbocycles. The zero-order chi connectivity index (χ0) is 13.3. The maximum Gasteiger partial charge on any atom is 0.220 e. The molecule has 2 atom stereocenters. The molecule has 1 amide bonds. The highest BCUT2D eigenvalue weighted by Crippen LogP contribution is 2.37. The summed E-state index contributed by atoms with van der Waals surface area (Å²) in [6.45, 7) is 4.45. The fourth-order valence-corrected chi connectivity index (χ4v) is 4.62. The first-order chi connectivity index (χ1) is 9.23. The van der Waals surface area contributed by atoms with Crippen molar-refractivity contribution in [2.45, 2.75) is 57.2 Å². The molecule has 0 aliphatic carbocycles. The smallest absolute Gasteiger partial charge is 0.220 e. The number of nitrogens with one attached hydrogen (secondary N) is 1. The Morgan fingerprint density at radius 1 is 1.53 bits per heavy atom. The van der Waals surface area contributed by atoms with Crippen molar-refractivity contribution in [2.24, 2.45) is 0 Å². The molecule has 3 rings (SSSR count). The van der Waals surface area contributed by atoms with Gasteiger partial charge in [0.2, 0.25) is 5.91 Å². The summed E-state index contributed by atoms with van der Waals surface area (Å²) in [6, 6.07) is 4.83. The van der Waals surface area contributed by atoms with E-state index in [1.54, 1.807) is 0 Å². The molecule has 0 unspecified atom stereocenters. The topological polar surface area (TPSA) is 32.3 Å². The predicted octanol–water partition coefficient (Wildman–Crippen LogP) is 2.77. The van der Waals surface area contributed by atoms with Crippen molar-refractivity contribution in [3.05, 3.63) is 22.4 Å². The molecular formula is C15H22N2OS. The van der Waals surface area contributed by atoms with Crippen molar-refractivity contribution in [3.8, 4) is 0 Å².